The van der Waals surface area contributed by atoms with Gasteiger partial charge in [-0.2, -0.15) is 0 Å². The van der Waals surface area contributed by atoms with Crippen LogP contribution in [0, 0.1) is 0 Å². The van der Waals surface area contributed by atoms with Crippen LogP contribution >= 0.6 is 34.8 Å². The molecule has 0 aliphatic heterocycles. The van der Waals surface area contributed by atoms with Gasteiger partial charge in [0.2, 0.25) is 0 Å². The summed E-state index contributed by atoms with van der Waals surface area (Å²) < 4.78 is 10.1. The summed E-state index contributed by atoms with van der Waals surface area (Å²) in [5.74, 6) is -0.291. The van der Waals surface area contributed by atoms with E-state index in [1.54, 1.807) is 30.3 Å². The summed E-state index contributed by atoms with van der Waals surface area (Å²) in [6, 6.07) is 11.4. The van der Waals surface area contributed by atoms with E-state index in [9.17, 15) is 9.59 Å². The van der Waals surface area contributed by atoms with Crippen molar-refractivity contribution in [2.75, 3.05) is 6.61 Å². The molecule has 0 aliphatic rings. The molecular formula is C16H13Cl3N2O4. The largest absolute Gasteiger partial charge is 0.482 e. The molecule has 2 N–H and O–H groups in total. The van der Waals surface area contributed by atoms with Gasteiger partial charge in [0, 0.05) is 10.0 Å². The van der Waals surface area contributed by atoms with E-state index in [0.29, 0.717) is 15.8 Å². The lowest BCUT2D eigenvalue weighted by atomic mass is 10.2. The Kier molecular flexibility index (Phi) is 7.18. The van der Waals surface area contributed by atoms with E-state index in [1.165, 1.54) is 12.1 Å². The van der Waals surface area contributed by atoms with E-state index < -0.39 is 12.0 Å². The fourth-order valence-corrected chi connectivity index (χ4v) is 2.25. The summed E-state index contributed by atoms with van der Waals surface area (Å²) in [5, 5.41) is 1.31. The number of carbonyl (C=O) groups is 2. The first-order valence-corrected chi connectivity index (χ1v) is 8.11. The highest BCUT2D eigenvalue weighted by Crippen LogP contribution is 2.27. The molecule has 0 spiro atoms. The number of halogens is 3. The van der Waals surface area contributed by atoms with E-state index in [2.05, 4.69) is 10.9 Å². The van der Waals surface area contributed by atoms with Crippen molar-refractivity contribution in [2.45, 2.75) is 6.61 Å². The molecule has 0 radical (unpaired) electrons. The maximum atomic E-state index is 11.6. The minimum atomic E-state index is -0.812. The highest BCUT2D eigenvalue weighted by Gasteiger charge is 2.08. The Labute approximate surface area is 158 Å². The summed E-state index contributed by atoms with van der Waals surface area (Å²) in [6.07, 6.45) is -0.812. The zero-order valence-corrected chi connectivity index (χ0v) is 15.0. The van der Waals surface area contributed by atoms with Crippen molar-refractivity contribution in [3.63, 3.8) is 0 Å². The molecule has 0 saturated heterocycles. The van der Waals surface area contributed by atoms with Crippen molar-refractivity contribution in [3.8, 4) is 5.75 Å². The van der Waals surface area contributed by atoms with E-state index in [0.717, 1.165) is 5.56 Å². The number of nitrogens with one attached hydrogen (secondary N) is 2. The van der Waals surface area contributed by atoms with Crippen LogP contribution in [0.2, 0.25) is 15.1 Å². The first-order valence-electron chi connectivity index (χ1n) is 6.98. The zero-order chi connectivity index (χ0) is 18.2. The van der Waals surface area contributed by atoms with Gasteiger partial charge in [0.05, 0.1) is 5.02 Å². The molecule has 0 unspecified atom stereocenters. The normalized spacial score (nSPS) is 10.0. The standard InChI is InChI=1S/C16H13Cl3N2O4/c17-11-3-1-10(2-4-11)8-25-16(23)21-20-15(22)9-24-14-6-5-12(18)7-13(14)19/h1-7H,8-9H2,(H,20,22)(H,21,23). The topological polar surface area (TPSA) is 76.7 Å². The van der Waals surface area contributed by atoms with Crippen LogP contribution < -0.4 is 15.6 Å². The minimum absolute atomic E-state index is 0.0375. The molecule has 132 valence electrons. The average Bonchev–Trinajstić information content (AvgIpc) is 2.58. The number of amides is 2. The fourth-order valence-electron chi connectivity index (χ4n) is 1.66. The second kappa shape index (κ2) is 9.36. The monoisotopic (exact) mass is 402 g/mol. The highest BCUT2D eigenvalue weighted by molar-refractivity contribution is 6.35. The number of hydrogen-bond acceptors (Lipinski definition) is 4. The lowest BCUT2D eigenvalue weighted by molar-refractivity contribution is -0.124. The van der Waals surface area contributed by atoms with Crippen LogP contribution in [0.5, 0.6) is 5.75 Å². The molecule has 0 saturated carbocycles. The molecule has 0 bridgehead atoms. The smallest absolute Gasteiger partial charge is 0.426 e. The molecule has 6 nitrogen and oxygen atoms in total. The maximum absolute atomic E-state index is 11.6. The van der Waals surface area contributed by atoms with Gasteiger partial charge in [-0.3, -0.25) is 10.2 Å². The van der Waals surface area contributed by atoms with Crippen molar-refractivity contribution in [1.82, 2.24) is 10.9 Å². The summed E-state index contributed by atoms with van der Waals surface area (Å²) in [7, 11) is 0. The molecule has 2 aromatic rings. The number of carbonyl (C=O) groups excluding carboxylic acids is 2. The predicted octanol–water partition coefficient (Wildman–Crippen LogP) is 3.98. The van der Waals surface area contributed by atoms with E-state index in [-0.39, 0.29) is 18.2 Å². The quantitative estimate of drug-likeness (QED) is 0.740. The summed E-state index contributed by atoms with van der Waals surface area (Å²) >= 11 is 17.4. The van der Waals surface area contributed by atoms with Gasteiger partial charge < -0.3 is 9.47 Å². The third-order valence-corrected chi connectivity index (χ3v) is 3.62. The molecule has 2 rings (SSSR count). The second-order valence-corrected chi connectivity index (χ2v) is 6.02. The minimum Gasteiger partial charge on any atom is -0.482 e. The molecular weight excluding hydrogens is 391 g/mol. The molecule has 9 heteroatoms. The van der Waals surface area contributed by atoms with Gasteiger partial charge >= 0.3 is 6.09 Å². The van der Waals surface area contributed by atoms with Crippen molar-refractivity contribution in [2.24, 2.45) is 0 Å². The van der Waals surface area contributed by atoms with Crippen molar-refractivity contribution < 1.29 is 19.1 Å². The van der Waals surface area contributed by atoms with Crippen LogP contribution in [0.15, 0.2) is 42.5 Å². The Morgan fingerprint density at radius 2 is 1.60 bits per heavy atom. The predicted molar refractivity (Wildman–Crippen MR) is 94.9 cm³/mol. The van der Waals surface area contributed by atoms with Gasteiger partial charge in [0.25, 0.3) is 5.91 Å². The number of ether oxygens (including phenoxy) is 2. The second-order valence-electron chi connectivity index (χ2n) is 4.74. The van der Waals surface area contributed by atoms with Crippen molar-refractivity contribution >= 4 is 46.8 Å². The molecule has 0 aliphatic carbocycles. The van der Waals surface area contributed by atoms with Crippen LogP contribution in [0.25, 0.3) is 0 Å². The average molecular weight is 404 g/mol. The van der Waals surface area contributed by atoms with Gasteiger partial charge in [-0.1, -0.05) is 46.9 Å². The lowest BCUT2D eigenvalue weighted by Gasteiger charge is -2.10. The molecule has 2 aromatic carbocycles. The Hall–Kier alpha value is -2.15. The summed E-state index contributed by atoms with van der Waals surface area (Å²) in [5.41, 5.74) is 5.01. The molecule has 0 fully saturated rings. The third-order valence-electron chi connectivity index (χ3n) is 2.84. The van der Waals surface area contributed by atoms with E-state index >= 15 is 0 Å². The van der Waals surface area contributed by atoms with Crippen LogP contribution in [-0.2, 0) is 16.1 Å². The van der Waals surface area contributed by atoms with Crippen LogP contribution in [0.3, 0.4) is 0 Å². The zero-order valence-electron chi connectivity index (χ0n) is 12.7. The SMILES string of the molecule is O=C(COc1ccc(Cl)cc1Cl)NNC(=O)OCc1ccc(Cl)cc1. The van der Waals surface area contributed by atoms with Crippen LogP contribution in [0.1, 0.15) is 5.56 Å². The van der Waals surface area contributed by atoms with Crippen LogP contribution in [-0.4, -0.2) is 18.6 Å². The third kappa shape index (κ3) is 6.70. The number of rotatable bonds is 5. The summed E-state index contributed by atoms with van der Waals surface area (Å²) in [6.45, 7) is -0.311. The Morgan fingerprint density at radius 3 is 2.28 bits per heavy atom. The Bertz CT molecular complexity index is 754. The van der Waals surface area contributed by atoms with Gasteiger partial charge in [0.1, 0.15) is 12.4 Å². The Balaban J connectivity index is 1.68. The first-order chi connectivity index (χ1) is 11.9. The fraction of sp³-hybridized carbons (Fsp3) is 0.125. The van der Waals surface area contributed by atoms with Gasteiger partial charge in [-0.15, -0.1) is 0 Å². The van der Waals surface area contributed by atoms with Crippen LogP contribution in [0.4, 0.5) is 4.79 Å². The van der Waals surface area contributed by atoms with Gasteiger partial charge in [-0.25, -0.2) is 10.2 Å². The molecule has 2 amide bonds. The van der Waals surface area contributed by atoms with Gasteiger partial charge in [-0.05, 0) is 35.9 Å². The maximum Gasteiger partial charge on any atom is 0.426 e. The van der Waals surface area contributed by atoms with E-state index in [4.69, 9.17) is 44.3 Å². The van der Waals surface area contributed by atoms with Gasteiger partial charge in [0.15, 0.2) is 6.61 Å². The molecule has 25 heavy (non-hydrogen) atoms. The molecule has 0 aromatic heterocycles. The molecule has 0 heterocycles. The highest BCUT2D eigenvalue weighted by atomic mass is 35.5. The van der Waals surface area contributed by atoms with E-state index in [1.807, 2.05) is 0 Å². The first kappa shape index (κ1) is 19.2. The Morgan fingerprint density at radius 1 is 0.920 bits per heavy atom. The summed E-state index contributed by atoms with van der Waals surface area (Å²) in [4.78, 5) is 23.1. The lowest BCUT2D eigenvalue weighted by Crippen LogP contribution is -2.44. The molecule has 0 atom stereocenters. The van der Waals surface area contributed by atoms with Crippen molar-refractivity contribution in [1.29, 1.82) is 0 Å². The number of benzene rings is 2. The number of hydrazine groups is 1. The van der Waals surface area contributed by atoms with Crippen molar-refractivity contribution in [3.05, 3.63) is 63.1 Å². The number of hydrogen-bond donors (Lipinski definition) is 2.